The molecule has 3 aromatic heterocycles. The second-order valence-corrected chi connectivity index (χ2v) is 6.29. The molecule has 0 amide bonds. The van der Waals surface area contributed by atoms with E-state index in [9.17, 15) is 0 Å². The molecule has 6 heteroatoms. The zero-order valence-electron chi connectivity index (χ0n) is 16.1. The van der Waals surface area contributed by atoms with Crippen LogP contribution in [0.4, 0.5) is 0 Å². The Bertz CT molecular complexity index is 904. The molecule has 0 aliphatic carbocycles. The van der Waals surface area contributed by atoms with Crippen LogP contribution in [0.1, 0.15) is 37.8 Å². The molecule has 0 spiro atoms. The third kappa shape index (κ3) is 3.17. The van der Waals surface area contributed by atoms with Crippen LogP contribution < -0.4 is 4.74 Å². The fourth-order valence-electron chi connectivity index (χ4n) is 3.39. The third-order valence-corrected chi connectivity index (χ3v) is 4.72. The molecule has 0 bridgehead atoms. The van der Waals surface area contributed by atoms with Crippen molar-refractivity contribution >= 4 is 11.2 Å². The maximum atomic E-state index is 5.43. The van der Waals surface area contributed by atoms with Gasteiger partial charge < -0.3 is 14.0 Å². The lowest BCUT2D eigenvalue weighted by molar-refractivity contribution is 0.153. The summed E-state index contributed by atoms with van der Waals surface area (Å²) in [6.07, 6.45) is 3.65. The fourth-order valence-corrected chi connectivity index (χ4v) is 3.39. The summed E-state index contributed by atoms with van der Waals surface area (Å²) in [5.41, 5.74) is 4.81. The number of rotatable bonds is 7. The van der Waals surface area contributed by atoms with Crippen LogP contribution in [0.5, 0.6) is 5.88 Å². The summed E-state index contributed by atoms with van der Waals surface area (Å²) < 4.78 is 12.9. The largest absolute Gasteiger partial charge is 0.481 e. The normalized spacial score (nSPS) is 12.5. The molecule has 3 aromatic rings. The van der Waals surface area contributed by atoms with Gasteiger partial charge in [-0.2, -0.15) is 0 Å². The predicted molar refractivity (Wildman–Crippen MR) is 103 cm³/mol. The van der Waals surface area contributed by atoms with Crippen molar-refractivity contribution < 1.29 is 9.47 Å². The minimum absolute atomic E-state index is 0.220. The fraction of sp³-hybridized carbons (Fsp3) is 0.450. The van der Waals surface area contributed by atoms with E-state index < -0.39 is 0 Å². The molecule has 0 saturated heterocycles. The number of hydrogen-bond acceptors (Lipinski definition) is 5. The van der Waals surface area contributed by atoms with Gasteiger partial charge in [0.25, 0.3) is 0 Å². The molecule has 0 N–H and O–H groups in total. The highest BCUT2D eigenvalue weighted by molar-refractivity contribution is 5.91. The average molecular weight is 354 g/mol. The average Bonchev–Trinajstić information content (AvgIpc) is 3.04. The maximum absolute atomic E-state index is 5.43. The molecule has 1 unspecified atom stereocenters. The minimum Gasteiger partial charge on any atom is -0.481 e. The summed E-state index contributed by atoms with van der Waals surface area (Å²) in [7, 11) is 3.36. The first-order valence-corrected chi connectivity index (χ1v) is 9.01. The van der Waals surface area contributed by atoms with E-state index in [2.05, 4.69) is 28.4 Å². The smallest absolute Gasteiger partial charge is 0.213 e. The molecule has 0 saturated carbocycles. The van der Waals surface area contributed by atoms with E-state index in [-0.39, 0.29) is 6.04 Å². The van der Waals surface area contributed by atoms with E-state index in [0.717, 1.165) is 46.7 Å². The van der Waals surface area contributed by atoms with Crippen LogP contribution >= 0.6 is 0 Å². The second kappa shape index (κ2) is 7.83. The van der Waals surface area contributed by atoms with E-state index in [1.54, 1.807) is 14.2 Å². The number of aryl methyl sites for hydroxylation is 2. The number of aromatic nitrogens is 4. The monoisotopic (exact) mass is 354 g/mol. The van der Waals surface area contributed by atoms with Crippen LogP contribution in [0, 0.1) is 6.92 Å². The van der Waals surface area contributed by atoms with Gasteiger partial charge in [0.05, 0.1) is 19.8 Å². The Hall–Kier alpha value is -2.47. The van der Waals surface area contributed by atoms with Gasteiger partial charge in [-0.25, -0.2) is 15.0 Å². The number of nitrogens with zero attached hydrogens (tertiary/aromatic N) is 4. The van der Waals surface area contributed by atoms with E-state index in [0.29, 0.717) is 12.5 Å². The lowest BCUT2D eigenvalue weighted by atomic mass is 10.0. The summed E-state index contributed by atoms with van der Waals surface area (Å²) in [6, 6.07) is 6.14. The Morgan fingerprint density at radius 3 is 2.50 bits per heavy atom. The second-order valence-electron chi connectivity index (χ2n) is 6.29. The Balaban J connectivity index is 2.22. The number of fused-ring (bicyclic) bond motifs is 1. The minimum atomic E-state index is 0.220. The van der Waals surface area contributed by atoms with Gasteiger partial charge in [-0.15, -0.1) is 0 Å². The van der Waals surface area contributed by atoms with Crippen LogP contribution in [0.2, 0.25) is 0 Å². The highest BCUT2D eigenvalue weighted by Gasteiger charge is 2.21. The SMILES string of the molecule is CCc1nc2c(-c3ccc(OC)nc3C)ccnc2n1C(CC)COC. The highest BCUT2D eigenvalue weighted by atomic mass is 16.5. The lowest BCUT2D eigenvalue weighted by Crippen LogP contribution is -2.16. The Kier molecular flexibility index (Phi) is 5.52. The topological polar surface area (TPSA) is 62.1 Å². The van der Waals surface area contributed by atoms with Crippen molar-refractivity contribution in [2.24, 2.45) is 0 Å². The molecule has 0 aromatic carbocycles. The first-order valence-electron chi connectivity index (χ1n) is 9.01. The summed E-state index contributed by atoms with van der Waals surface area (Å²) in [5.74, 6) is 1.64. The maximum Gasteiger partial charge on any atom is 0.213 e. The summed E-state index contributed by atoms with van der Waals surface area (Å²) in [4.78, 5) is 14.1. The molecule has 1 atom stereocenters. The zero-order chi connectivity index (χ0) is 18.7. The molecule has 3 rings (SSSR count). The van der Waals surface area contributed by atoms with E-state index >= 15 is 0 Å². The van der Waals surface area contributed by atoms with Crippen LogP contribution in [0.15, 0.2) is 24.4 Å². The molecule has 26 heavy (non-hydrogen) atoms. The van der Waals surface area contributed by atoms with Crippen LogP contribution in [0.25, 0.3) is 22.3 Å². The van der Waals surface area contributed by atoms with Crippen molar-refractivity contribution in [2.75, 3.05) is 20.8 Å². The van der Waals surface area contributed by atoms with E-state index in [1.165, 1.54) is 0 Å². The number of methoxy groups -OCH3 is 2. The van der Waals surface area contributed by atoms with E-state index in [4.69, 9.17) is 14.5 Å². The summed E-state index contributed by atoms with van der Waals surface area (Å²) in [6.45, 7) is 6.92. The molecular weight excluding hydrogens is 328 g/mol. The molecule has 0 aliphatic rings. The quantitative estimate of drug-likeness (QED) is 0.642. The predicted octanol–water partition coefficient (Wildman–Crippen LogP) is 3.97. The van der Waals surface area contributed by atoms with Crippen molar-refractivity contribution in [3.63, 3.8) is 0 Å². The molecule has 0 fully saturated rings. The Morgan fingerprint density at radius 2 is 1.88 bits per heavy atom. The summed E-state index contributed by atoms with van der Waals surface area (Å²) >= 11 is 0. The van der Waals surface area contributed by atoms with Gasteiger partial charge in [-0.3, -0.25) is 0 Å². The Morgan fingerprint density at radius 1 is 1.08 bits per heavy atom. The molecule has 138 valence electrons. The van der Waals surface area contributed by atoms with Gasteiger partial charge in [0.1, 0.15) is 11.3 Å². The molecular formula is C20H26N4O2. The van der Waals surface area contributed by atoms with Gasteiger partial charge in [0, 0.05) is 42.6 Å². The van der Waals surface area contributed by atoms with Gasteiger partial charge in [0.2, 0.25) is 5.88 Å². The van der Waals surface area contributed by atoms with Crippen molar-refractivity contribution in [3.8, 4) is 17.0 Å². The van der Waals surface area contributed by atoms with Crippen LogP contribution in [-0.2, 0) is 11.2 Å². The van der Waals surface area contributed by atoms with Gasteiger partial charge in [0.15, 0.2) is 5.65 Å². The molecule has 6 nitrogen and oxygen atoms in total. The standard InChI is InChI=1S/C20H26N4O2/c1-6-14(12-25-4)24-17(7-2)23-19-16(10-11-21-20(19)24)15-8-9-18(26-5)22-13(15)3/h8-11,14H,6-7,12H2,1-5H3. The van der Waals surface area contributed by atoms with Gasteiger partial charge in [-0.1, -0.05) is 13.8 Å². The van der Waals surface area contributed by atoms with Crippen molar-refractivity contribution in [3.05, 3.63) is 35.9 Å². The number of ether oxygens (including phenoxy) is 2. The first kappa shape index (κ1) is 18.3. The molecule has 3 heterocycles. The summed E-state index contributed by atoms with van der Waals surface area (Å²) in [5, 5.41) is 0. The highest BCUT2D eigenvalue weighted by Crippen LogP contribution is 2.32. The number of hydrogen-bond donors (Lipinski definition) is 0. The zero-order valence-corrected chi connectivity index (χ0v) is 16.1. The molecule has 0 aliphatic heterocycles. The first-order chi connectivity index (χ1) is 12.6. The van der Waals surface area contributed by atoms with Crippen molar-refractivity contribution in [1.82, 2.24) is 19.5 Å². The van der Waals surface area contributed by atoms with E-state index in [1.807, 2.05) is 31.3 Å². The van der Waals surface area contributed by atoms with Crippen LogP contribution in [0.3, 0.4) is 0 Å². The number of pyridine rings is 2. The molecule has 0 radical (unpaired) electrons. The van der Waals surface area contributed by atoms with Gasteiger partial charge in [-0.05, 0) is 25.5 Å². The third-order valence-electron chi connectivity index (χ3n) is 4.72. The lowest BCUT2D eigenvalue weighted by Gasteiger charge is -2.18. The van der Waals surface area contributed by atoms with Gasteiger partial charge >= 0.3 is 0 Å². The van der Waals surface area contributed by atoms with Crippen LogP contribution in [-0.4, -0.2) is 40.3 Å². The van der Waals surface area contributed by atoms with Crippen molar-refractivity contribution in [2.45, 2.75) is 39.7 Å². The van der Waals surface area contributed by atoms with Crippen molar-refractivity contribution in [1.29, 1.82) is 0 Å². The number of imidazole rings is 1. The Labute approximate surface area is 154 Å².